The van der Waals surface area contributed by atoms with Crippen LogP contribution in [0.15, 0.2) is 53.4 Å². The molecule has 9 heteroatoms. The van der Waals surface area contributed by atoms with Gasteiger partial charge in [0, 0.05) is 5.92 Å². The molecule has 2 atom stereocenters. The van der Waals surface area contributed by atoms with Crippen molar-refractivity contribution in [1.29, 1.82) is 0 Å². The van der Waals surface area contributed by atoms with E-state index in [4.69, 9.17) is 19.4 Å². The van der Waals surface area contributed by atoms with E-state index >= 15 is 0 Å². The van der Waals surface area contributed by atoms with Crippen molar-refractivity contribution in [1.82, 2.24) is 0 Å². The Kier molecular flexibility index (Phi) is 8.73. The van der Waals surface area contributed by atoms with Crippen LogP contribution in [0.1, 0.15) is 65.0 Å². The molecule has 0 fully saturated rings. The van der Waals surface area contributed by atoms with Gasteiger partial charge in [-0.3, -0.25) is 9.59 Å². The maximum atomic E-state index is 12.7. The molecule has 192 valence electrons. The molecule has 2 aromatic carbocycles. The van der Waals surface area contributed by atoms with Crippen LogP contribution < -0.4 is 9.92 Å². The topological polar surface area (TPSA) is 122 Å². The number of carbonyl (C=O) groups excluding carboxylic acids is 2. The molecule has 0 bridgehead atoms. The summed E-state index contributed by atoms with van der Waals surface area (Å²) in [6, 6.07) is 11.2. The highest BCUT2D eigenvalue weighted by Gasteiger charge is 2.33. The van der Waals surface area contributed by atoms with Gasteiger partial charge in [-0.05, 0) is 78.3 Å². The van der Waals surface area contributed by atoms with Crippen LogP contribution in [0.3, 0.4) is 0 Å². The quantitative estimate of drug-likeness (QED) is 0.417. The van der Waals surface area contributed by atoms with E-state index in [0.717, 1.165) is 5.56 Å². The van der Waals surface area contributed by atoms with Crippen LogP contribution in [0.2, 0.25) is 0 Å². The molecule has 0 aliphatic carbocycles. The Labute approximate surface area is 207 Å². The van der Waals surface area contributed by atoms with E-state index in [1.165, 1.54) is 24.3 Å². The zero-order chi connectivity index (χ0) is 26.6. The van der Waals surface area contributed by atoms with Crippen molar-refractivity contribution in [3.05, 3.63) is 59.7 Å². The molecule has 0 heterocycles. The monoisotopic (exact) mass is 505 g/mol. The van der Waals surface area contributed by atoms with Gasteiger partial charge < -0.3 is 19.4 Å². The number of rotatable bonds is 8. The summed E-state index contributed by atoms with van der Waals surface area (Å²) >= 11 is 0. The van der Waals surface area contributed by atoms with Crippen LogP contribution in [0.25, 0.3) is 0 Å². The van der Waals surface area contributed by atoms with Crippen LogP contribution in [0, 0.1) is 6.92 Å². The fourth-order valence-corrected chi connectivity index (χ4v) is 4.13. The van der Waals surface area contributed by atoms with E-state index in [1.54, 1.807) is 65.8 Å². The van der Waals surface area contributed by atoms with Gasteiger partial charge in [0.05, 0.1) is 6.42 Å². The molecular formula is C26H35NO7S. The van der Waals surface area contributed by atoms with E-state index in [2.05, 4.69) is 0 Å². The molecule has 8 nitrogen and oxygen atoms in total. The normalized spacial score (nSPS) is 14.1. The van der Waals surface area contributed by atoms with Gasteiger partial charge in [-0.15, -0.1) is 0 Å². The number of hydrogen-bond donors (Lipinski definition) is 1. The van der Waals surface area contributed by atoms with Gasteiger partial charge in [-0.2, -0.15) is 8.42 Å². The average molecular weight is 506 g/mol. The zero-order valence-electron chi connectivity index (χ0n) is 21.3. The molecule has 0 spiro atoms. The molecule has 2 N–H and O–H groups in total. The molecule has 0 saturated heterocycles. The number of carbonyl (C=O) groups is 2. The summed E-state index contributed by atoms with van der Waals surface area (Å²) in [5.41, 5.74) is 6.22. The number of benzene rings is 2. The highest BCUT2D eigenvalue weighted by molar-refractivity contribution is 7.87. The standard InChI is InChI=1S/C26H35NO7S/c1-17-8-14-20(15-9-17)35(30,31)34-19-12-10-18(11-13-19)21(16-22(28)32-25(2,3)4)23(27)24(29)33-26(5,6)7/h8-15,21,23H,16,27H2,1-7H3. The van der Waals surface area contributed by atoms with Gasteiger partial charge in [-0.1, -0.05) is 29.8 Å². The lowest BCUT2D eigenvalue weighted by atomic mass is 9.88. The van der Waals surface area contributed by atoms with Crippen molar-refractivity contribution in [2.75, 3.05) is 0 Å². The molecule has 2 aromatic rings. The molecule has 0 amide bonds. The maximum Gasteiger partial charge on any atom is 0.339 e. The number of hydrogen-bond acceptors (Lipinski definition) is 8. The largest absolute Gasteiger partial charge is 0.460 e. The first kappa shape index (κ1) is 28.3. The van der Waals surface area contributed by atoms with Crippen molar-refractivity contribution in [2.45, 2.75) is 82.9 Å². The second-order valence-corrected chi connectivity index (χ2v) is 11.9. The molecule has 0 aromatic heterocycles. The summed E-state index contributed by atoms with van der Waals surface area (Å²) in [7, 11) is -4.03. The third kappa shape index (κ3) is 8.99. The highest BCUT2D eigenvalue weighted by Crippen LogP contribution is 2.29. The lowest BCUT2D eigenvalue weighted by Gasteiger charge is -2.28. The molecule has 0 radical (unpaired) electrons. The maximum absolute atomic E-state index is 12.7. The molecule has 0 saturated carbocycles. The Balaban J connectivity index is 2.29. The molecular weight excluding hydrogens is 470 g/mol. The Hall–Kier alpha value is -2.91. The Morgan fingerprint density at radius 3 is 1.86 bits per heavy atom. The van der Waals surface area contributed by atoms with Crippen LogP contribution in [0.4, 0.5) is 0 Å². The zero-order valence-corrected chi connectivity index (χ0v) is 22.1. The molecule has 0 aliphatic rings. The third-order valence-corrected chi connectivity index (χ3v) is 6.00. The lowest BCUT2D eigenvalue weighted by Crippen LogP contribution is -2.42. The Morgan fingerprint density at radius 2 is 1.37 bits per heavy atom. The summed E-state index contributed by atoms with van der Waals surface area (Å²) in [6.45, 7) is 12.3. The SMILES string of the molecule is Cc1ccc(S(=O)(=O)Oc2ccc(C(CC(=O)OC(C)(C)C)C(N)C(=O)OC(C)(C)C)cc2)cc1. The predicted octanol–water partition coefficient (Wildman–Crippen LogP) is 4.25. The minimum Gasteiger partial charge on any atom is -0.460 e. The van der Waals surface area contributed by atoms with E-state index in [9.17, 15) is 18.0 Å². The van der Waals surface area contributed by atoms with Crippen molar-refractivity contribution in [3.63, 3.8) is 0 Å². The second-order valence-electron chi connectivity index (χ2n) is 10.4. The van der Waals surface area contributed by atoms with Gasteiger partial charge in [0.15, 0.2) is 0 Å². The second kappa shape index (κ2) is 10.8. The minimum atomic E-state index is -4.03. The van der Waals surface area contributed by atoms with Gasteiger partial charge in [0.1, 0.15) is 27.9 Å². The Morgan fingerprint density at radius 1 is 0.857 bits per heavy atom. The van der Waals surface area contributed by atoms with E-state index < -0.39 is 45.2 Å². The highest BCUT2D eigenvalue weighted by atomic mass is 32.2. The number of ether oxygens (including phenoxy) is 2. The summed E-state index contributed by atoms with van der Waals surface area (Å²) in [4.78, 5) is 25.3. The first-order valence-electron chi connectivity index (χ1n) is 11.3. The molecule has 2 unspecified atom stereocenters. The summed E-state index contributed by atoms with van der Waals surface area (Å²) in [6.07, 6.45) is -0.167. The van der Waals surface area contributed by atoms with Gasteiger partial charge in [0.2, 0.25) is 0 Å². The lowest BCUT2D eigenvalue weighted by molar-refractivity contribution is -0.158. The first-order chi connectivity index (χ1) is 16.0. The predicted molar refractivity (Wildman–Crippen MR) is 132 cm³/mol. The molecule has 2 rings (SSSR count). The van der Waals surface area contributed by atoms with Crippen LogP contribution >= 0.6 is 0 Å². The van der Waals surface area contributed by atoms with E-state index in [1.807, 2.05) is 6.92 Å². The van der Waals surface area contributed by atoms with E-state index in [0.29, 0.717) is 5.56 Å². The van der Waals surface area contributed by atoms with Crippen molar-refractivity contribution < 1.29 is 31.7 Å². The van der Waals surface area contributed by atoms with Crippen LogP contribution in [-0.2, 0) is 29.2 Å². The average Bonchev–Trinajstić information content (AvgIpc) is 2.70. The fourth-order valence-electron chi connectivity index (χ4n) is 3.20. The van der Waals surface area contributed by atoms with Crippen molar-refractivity contribution >= 4 is 22.1 Å². The van der Waals surface area contributed by atoms with Crippen molar-refractivity contribution in [2.24, 2.45) is 5.73 Å². The first-order valence-corrected chi connectivity index (χ1v) is 12.7. The number of aryl methyl sites for hydroxylation is 1. The fraction of sp³-hybridized carbons (Fsp3) is 0.462. The van der Waals surface area contributed by atoms with Crippen LogP contribution in [0.5, 0.6) is 5.75 Å². The van der Waals surface area contributed by atoms with Crippen LogP contribution in [-0.4, -0.2) is 37.6 Å². The van der Waals surface area contributed by atoms with Gasteiger partial charge in [-0.25, -0.2) is 0 Å². The van der Waals surface area contributed by atoms with Crippen molar-refractivity contribution in [3.8, 4) is 5.75 Å². The smallest absolute Gasteiger partial charge is 0.339 e. The van der Waals surface area contributed by atoms with E-state index in [-0.39, 0.29) is 17.1 Å². The summed E-state index contributed by atoms with van der Waals surface area (Å²) in [5, 5.41) is 0. The third-order valence-electron chi connectivity index (χ3n) is 4.74. The van der Waals surface area contributed by atoms with Gasteiger partial charge >= 0.3 is 22.1 Å². The summed E-state index contributed by atoms with van der Waals surface area (Å²) < 4.78 is 41.2. The summed E-state index contributed by atoms with van der Waals surface area (Å²) in [5.74, 6) is -1.87. The molecule has 35 heavy (non-hydrogen) atoms. The Bertz CT molecular complexity index is 1130. The number of esters is 2. The minimum absolute atomic E-state index is 0.0296. The number of nitrogens with two attached hydrogens (primary N) is 1. The molecule has 0 aliphatic heterocycles. The van der Waals surface area contributed by atoms with Gasteiger partial charge in [0.25, 0.3) is 0 Å².